The first-order valence-corrected chi connectivity index (χ1v) is 6.97. The molecule has 1 aliphatic rings. The molecule has 100 valence electrons. The summed E-state index contributed by atoms with van der Waals surface area (Å²) >= 11 is 0. The average molecular weight is 257 g/mol. The highest BCUT2D eigenvalue weighted by molar-refractivity contribution is 5.89. The van der Waals surface area contributed by atoms with Crippen LogP contribution in [-0.2, 0) is 0 Å². The van der Waals surface area contributed by atoms with E-state index in [2.05, 4.69) is 17.2 Å². The van der Waals surface area contributed by atoms with E-state index in [0.717, 1.165) is 29.8 Å². The Morgan fingerprint density at radius 1 is 1.32 bits per heavy atom. The summed E-state index contributed by atoms with van der Waals surface area (Å²) in [4.78, 5) is 16.6. The molecular weight excluding hydrogens is 238 g/mol. The van der Waals surface area contributed by atoms with Crippen LogP contribution in [0.4, 0.5) is 4.79 Å². The second kappa shape index (κ2) is 5.03. The quantitative estimate of drug-likeness (QED) is 0.853. The first-order valence-electron chi connectivity index (χ1n) is 6.97. The van der Waals surface area contributed by atoms with E-state index in [-0.39, 0.29) is 6.03 Å². The van der Waals surface area contributed by atoms with Gasteiger partial charge < -0.3 is 5.32 Å². The number of amides is 1. The lowest BCUT2D eigenvalue weighted by atomic mass is 9.87. The van der Waals surface area contributed by atoms with Crippen LogP contribution in [0.15, 0.2) is 30.6 Å². The van der Waals surface area contributed by atoms with Crippen molar-refractivity contribution in [1.82, 2.24) is 14.9 Å². The first-order chi connectivity index (χ1) is 9.24. The molecule has 0 atom stereocenters. The topological polar surface area (TPSA) is 46.9 Å². The second-order valence-corrected chi connectivity index (χ2v) is 5.51. The lowest BCUT2D eigenvalue weighted by Crippen LogP contribution is -2.39. The molecule has 2 aromatic heterocycles. The number of aromatic nitrogens is 2. The monoisotopic (exact) mass is 257 g/mol. The van der Waals surface area contributed by atoms with E-state index in [1.54, 1.807) is 17.0 Å². The van der Waals surface area contributed by atoms with Gasteiger partial charge >= 0.3 is 6.03 Å². The lowest BCUT2D eigenvalue weighted by Gasteiger charge is -2.26. The maximum Gasteiger partial charge on any atom is 0.327 e. The number of nitrogens with zero attached hydrogens (tertiary/aromatic N) is 2. The summed E-state index contributed by atoms with van der Waals surface area (Å²) < 4.78 is 1.60. The minimum Gasteiger partial charge on any atom is -0.335 e. The van der Waals surface area contributed by atoms with Crippen LogP contribution in [0.5, 0.6) is 0 Å². The maximum atomic E-state index is 12.3. The number of rotatable bonds is 1. The van der Waals surface area contributed by atoms with Crippen LogP contribution in [0.2, 0.25) is 0 Å². The van der Waals surface area contributed by atoms with Gasteiger partial charge in [0, 0.05) is 23.8 Å². The van der Waals surface area contributed by atoms with Gasteiger partial charge in [0.2, 0.25) is 0 Å². The molecule has 0 saturated heterocycles. The summed E-state index contributed by atoms with van der Waals surface area (Å²) in [5.41, 5.74) is 0.726. The molecule has 19 heavy (non-hydrogen) atoms. The molecule has 0 radical (unpaired) electrons. The van der Waals surface area contributed by atoms with Gasteiger partial charge in [0.15, 0.2) is 0 Å². The lowest BCUT2D eigenvalue weighted by molar-refractivity contribution is 0.230. The normalized spacial score (nSPS) is 23.4. The Balaban J connectivity index is 1.73. The molecule has 4 nitrogen and oxygen atoms in total. The van der Waals surface area contributed by atoms with Crippen LogP contribution >= 0.6 is 0 Å². The smallest absolute Gasteiger partial charge is 0.327 e. The number of carbonyl (C=O) groups excluding carboxylic acids is 1. The van der Waals surface area contributed by atoms with Crippen LogP contribution in [0.25, 0.3) is 11.0 Å². The molecule has 0 spiro atoms. The molecule has 2 heterocycles. The van der Waals surface area contributed by atoms with E-state index >= 15 is 0 Å². The van der Waals surface area contributed by atoms with Gasteiger partial charge in [-0.25, -0.2) is 9.78 Å². The number of pyridine rings is 1. The Hall–Kier alpha value is -1.84. The van der Waals surface area contributed by atoms with E-state index in [1.165, 1.54) is 12.8 Å². The van der Waals surface area contributed by atoms with Crippen molar-refractivity contribution in [2.75, 3.05) is 0 Å². The number of nitrogens with one attached hydrogen (secondary N) is 1. The van der Waals surface area contributed by atoms with Crippen molar-refractivity contribution in [2.24, 2.45) is 5.92 Å². The Bertz CT molecular complexity index is 582. The highest BCUT2D eigenvalue weighted by atomic mass is 16.2. The van der Waals surface area contributed by atoms with Gasteiger partial charge in [-0.15, -0.1) is 0 Å². The third-order valence-corrected chi connectivity index (χ3v) is 4.01. The van der Waals surface area contributed by atoms with Crippen LogP contribution in [0, 0.1) is 5.92 Å². The minimum atomic E-state index is -0.0618. The molecule has 1 amide bonds. The van der Waals surface area contributed by atoms with Gasteiger partial charge in [0.1, 0.15) is 5.65 Å². The molecule has 2 aromatic rings. The number of hydrogen-bond acceptors (Lipinski definition) is 2. The molecular formula is C15H19N3O. The van der Waals surface area contributed by atoms with Gasteiger partial charge in [-0.05, 0) is 49.8 Å². The predicted molar refractivity (Wildman–Crippen MR) is 75.1 cm³/mol. The Labute approximate surface area is 112 Å². The van der Waals surface area contributed by atoms with Gasteiger partial charge in [0.05, 0.1) is 0 Å². The van der Waals surface area contributed by atoms with E-state index in [4.69, 9.17) is 0 Å². The van der Waals surface area contributed by atoms with Crippen molar-refractivity contribution in [3.05, 3.63) is 30.6 Å². The van der Waals surface area contributed by atoms with Gasteiger partial charge in [-0.2, -0.15) is 0 Å². The average Bonchev–Trinajstić information content (AvgIpc) is 2.85. The zero-order valence-corrected chi connectivity index (χ0v) is 11.2. The second-order valence-electron chi connectivity index (χ2n) is 5.51. The van der Waals surface area contributed by atoms with Gasteiger partial charge in [-0.3, -0.25) is 4.57 Å². The standard InChI is InChI=1S/C15H19N3O/c1-11-4-6-13(7-5-11)17-15(19)18-10-8-12-3-2-9-16-14(12)18/h2-3,8-11,13H,4-7H2,1H3,(H,17,19). The third kappa shape index (κ3) is 2.48. The largest absolute Gasteiger partial charge is 0.335 e. The summed E-state index contributed by atoms with van der Waals surface area (Å²) in [6, 6.07) is 6.02. The zero-order chi connectivity index (χ0) is 13.2. The summed E-state index contributed by atoms with van der Waals surface area (Å²) in [5, 5.41) is 4.11. The van der Waals surface area contributed by atoms with Crippen LogP contribution in [0.3, 0.4) is 0 Å². The molecule has 1 N–H and O–H groups in total. The SMILES string of the molecule is CC1CCC(NC(=O)n2ccc3cccnc32)CC1. The van der Waals surface area contributed by atoms with Crippen molar-refractivity contribution in [3.8, 4) is 0 Å². The van der Waals surface area contributed by atoms with Gasteiger partial charge in [-0.1, -0.05) is 6.92 Å². The minimum absolute atomic E-state index is 0.0618. The summed E-state index contributed by atoms with van der Waals surface area (Å²) in [7, 11) is 0. The van der Waals surface area contributed by atoms with Crippen molar-refractivity contribution in [1.29, 1.82) is 0 Å². The van der Waals surface area contributed by atoms with Crippen LogP contribution in [0.1, 0.15) is 32.6 Å². The van der Waals surface area contributed by atoms with E-state index in [9.17, 15) is 4.79 Å². The molecule has 0 aliphatic heterocycles. The van der Waals surface area contributed by atoms with E-state index < -0.39 is 0 Å². The molecule has 1 fully saturated rings. The molecule has 4 heteroatoms. The summed E-state index contributed by atoms with van der Waals surface area (Å²) in [6.45, 7) is 2.28. The maximum absolute atomic E-state index is 12.3. The van der Waals surface area contributed by atoms with Crippen molar-refractivity contribution < 1.29 is 4.79 Å². The Kier molecular flexibility index (Phi) is 3.23. The first kappa shape index (κ1) is 12.2. The summed E-state index contributed by atoms with van der Waals surface area (Å²) in [6.07, 6.45) is 8.08. The van der Waals surface area contributed by atoms with E-state index in [0.29, 0.717) is 6.04 Å². The van der Waals surface area contributed by atoms with Crippen LogP contribution in [-0.4, -0.2) is 21.6 Å². The number of hydrogen-bond donors (Lipinski definition) is 1. The van der Waals surface area contributed by atoms with Crippen molar-refractivity contribution in [2.45, 2.75) is 38.6 Å². The molecule has 0 aromatic carbocycles. The summed E-state index contributed by atoms with van der Waals surface area (Å²) in [5.74, 6) is 0.794. The highest BCUT2D eigenvalue weighted by Gasteiger charge is 2.20. The third-order valence-electron chi connectivity index (χ3n) is 4.01. The number of carbonyl (C=O) groups is 1. The molecule has 1 aliphatic carbocycles. The molecule has 0 bridgehead atoms. The van der Waals surface area contributed by atoms with Crippen molar-refractivity contribution in [3.63, 3.8) is 0 Å². The Morgan fingerprint density at radius 2 is 2.11 bits per heavy atom. The van der Waals surface area contributed by atoms with Crippen LogP contribution < -0.4 is 5.32 Å². The molecule has 0 unspecified atom stereocenters. The predicted octanol–water partition coefficient (Wildman–Crippen LogP) is 3.17. The number of fused-ring (bicyclic) bond motifs is 1. The fourth-order valence-corrected chi connectivity index (χ4v) is 2.78. The Morgan fingerprint density at radius 3 is 2.89 bits per heavy atom. The highest BCUT2D eigenvalue weighted by Crippen LogP contribution is 2.23. The zero-order valence-electron chi connectivity index (χ0n) is 11.2. The fourth-order valence-electron chi connectivity index (χ4n) is 2.78. The molecule has 1 saturated carbocycles. The van der Waals surface area contributed by atoms with E-state index in [1.807, 2.05) is 18.2 Å². The fraction of sp³-hybridized carbons (Fsp3) is 0.467. The van der Waals surface area contributed by atoms with Crippen molar-refractivity contribution >= 4 is 17.1 Å². The van der Waals surface area contributed by atoms with Gasteiger partial charge in [0.25, 0.3) is 0 Å². The molecule has 3 rings (SSSR count).